The van der Waals surface area contributed by atoms with Crippen LogP contribution in [-0.4, -0.2) is 41.7 Å². The highest BCUT2D eigenvalue weighted by Crippen LogP contribution is 2.29. The summed E-state index contributed by atoms with van der Waals surface area (Å²) in [6, 6.07) is 3.16. The third-order valence-corrected chi connectivity index (χ3v) is 4.08. The molecule has 2 saturated heterocycles. The minimum Gasteiger partial charge on any atom is -0.478 e. The van der Waals surface area contributed by atoms with E-state index >= 15 is 0 Å². The van der Waals surface area contributed by atoms with Gasteiger partial charge in [-0.25, -0.2) is 9.97 Å². The van der Waals surface area contributed by atoms with Gasteiger partial charge in [0.2, 0.25) is 5.88 Å². The standard InChI is InChI=1S/C14H22N4O/c1-2-19-14-9-13(16-10-17-14)18-8-4-6-12(18)11-5-3-7-15-11/h9-12,15H,2-8H2,1H3. The van der Waals surface area contributed by atoms with Gasteiger partial charge in [-0.2, -0.15) is 0 Å². The Hall–Kier alpha value is -1.36. The number of nitrogens with one attached hydrogen (secondary N) is 1. The number of nitrogens with zero attached hydrogens (tertiary/aromatic N) is 3. The maximum absolute atomic E-state index is 5.47. The Bertz CT molecular complexity index is 420. The Morgan fingerprint density at radius 3 is 3.11 bits per heavy atom. The van der Waals surface area contributed by atoms with Crippen LogP contribution in [0.2, 0.25) is 0 Å². The summed E-state index contributed by atoms with van der Waals surface area (Å²) in [4.78, 5) is 11.0. The number of aromatic nitrogens is 2. The van der Waals surface area contributed by atoms with Crippen molar-refractivity contribution in [3.63, 3.8) is 0 Å². The minimum absolute atomic E-state index is 0.576. The summed E-state index contributed by atoms with van der Waals surface area (Å²) < 4.78 is 5.47. The molecule has 0 radical (unpaired) electrons. The Balaban J connectivity index is 1.77. The third kappa shape index (κ3) is 2.66. The van der Waals surface area contributed by atoms with Crippen LogP contribution in [0, 0.1) is 0 Å². The van der Waals surface area contributed by atoms with Crippen LogP contribution in [0.15, 0.2) is 12.4 Å². The SMILES string of the molecule is CCOc1cc(N2CCCC2C2CCCN2)ncn1. The van der Waals surface area contributed by atoms with Gasteiger partial charge in [-0.05, 0) is 39.2 Å². The van der Waals surface area contributed by atoms with Gasteiger partial charge in [0.05, 0.1) is 6.61 Å². The molecule has 2 aliphatic rings. The first-order chi connectivity index (χ1) is 9.38. The lowest BCUT2D eigenvalue weighted by molar-refractivity contribution is 0.326. The van der Waals surface area contributed by atoms with Crippen molar-refractivity contribution in [1.82, 2.24) is 15.3 Å². The monoisotopic (exact) mass is 262 g/mol. The van der Waals surface area contributed by atoms with Crippen molar-refractivity contribution >= 4 is 5.82 Å². The number of anilines is 1. The summed E-state index contributed by atoms with van der Waals surface area (Å²) in [6.07, 6.45) is 6.69. The smallest absolute Gasteiger partial charge is 0.218 e. The summed E-state index contributed by atoms with van der Waals surface area (Å²) in [7, 11) is 0. The number of hydrogen-bond donors (Lipinski definition) is 1. The summed E-state index contributed by atoms with van der Waals surface area (Å²) in [5.41, 5.74) is 0. The van der Waals surface area contributed by atoms with E-state index < -0.39 is 0 Å². The highest BCUT2D eigenvalue weighted by atomic mass is 16.5. The lowest BCUT2D eigenvalue weighted by Crippen LogP contribution is -2.44. The molecule has 0 aliphatic carbocycles. The topological polar surface area (TPSA) is 50.3 Å². The second-order valence-electron chi connectivity index (χ2n) is 5.25. The molecular formula is C14H22N4O. The van der Waals surface area contributed by atoms with Crippen LogP contribution >= 0.6 is 0 Å². The van der Waals surface area contributed by atoms with Crippen molar-refractivity contribution in [3.05, 3.63) is 12.4 Å². The van der Waals surface area contributed by atoms with Crippen LogP contribution in [0.1, 0.15) is 32.6 Å². The van der Waals surface area contributed by atoms with Crippen molar-refractivity contribution < 1.29 is 4.74 Å². The Kier molecular flexibility index (Phi) is 3.82. The maximum Gasteiger partial charge on any atom is 0.218 e. The Labute approximate surface area is 114 Å². The molecule has 19 heavy (non-hydrogen) atoms. The largest absolute Gasteiger partial charge is 0.478 e. The molecule has 5 nitrogen and oxygen atoms in total. The van der Waals surface area contributed by atoms with E-state index in [9.17, 15) is 0 Å². The Morgan fingerprint density at radius 1 is 1.37 bits per heavy atom. The summed E-state index contributed by atoms with van der Waals surface area (Å²) in [5, 5.41) is 3.62. The van der Waals surface area contributed by atoms with Gasteiger partial charge in [-0.1, -0.05) is 0 Å². The molecule has 5 heteroatoms. The molecule has 0 spiro atoms. The second kappa shape index (κ2) is 5.74. The van der Waals surface area contributed by atoms with Crippen LogP contribution in [0.4, 0.5) is 5.82 Å². The summed E-state index contributed by atoms with van der Waals surface area (Å²) in [6.45, 7) is 4.86. The van der Waals surface area contributed by atoms with Gasteiger partial charge in [0.1, 0.15) is 12.1 Å². The summed E-state index contributed by atoms with van der Waals surface area (Å²) in [5.74, 6) is 1.69. The molecule has 2 fully saturated rings. The fourth-order valence-corrected chi connectivity index (χ4v) is 3.25. The molecule has 2 unspecified atom stereocenters. The predicted molar refractivity (Wildman–Crippen MR) is 74.6 cm³/mol. The highest BCUT2D eigenvalue weighted by Gasteiger charge is 2.34. The van der Waals surface area contributed by atoms with Gasteiger partial charge in [-0.3, -0.25) is 0 Å². The quantitative estimate of drug-likeness (QED) is 0.893. The first-order valence-corrected chi connectivity index (χ1v) is 7.33. The van der Waals surface area contributed by atoms with Crippen LogP contribution in [-0.2, 0) is 0 Å². The molecular weight excluding hydrogens is 240 g/mol. The van der Waals surface area contributed by atoms with Crippen LogP contribution < -0.4 is 15.0 Å². The normalized spacial score (nSPS) is 26.9. The molecule has 3 heterocycles. The molecule has 1 aromatic heterocycles. The molecule has 0 amide bonds. The third-order valence-electron chi connectivity index (χ3n) is 4.08. The Morgan fingerprint density at radius 2 is 2.32 bits per heavy atom. The first-order valence-electron chi connectivity index (χ1n) is 7.33. The highest BCUT2D eigenvalue weighted by molar-refractivity contribution is 5.43. The van der Waals surface area contributed by atoms with E-state index in [2.05, 4.69) is 20.2 Å². The van der Waals surface area contributed by atoms with Gasteiger partial charge in [0, 0.05) is 24.7 Å². The number of ether oxygens (including phenoxy) is 1. The average Bonchev–Trinajstić information content (AvgIpc) is 3.10. The molecule has 1 N–H and O–H groups in total. The van der Waals surface area contributed by atoms with Gasteiger partial charge < -0.3 is 15.0 Å². The zero-order valence-corrected chi connectivity index (χ0v) is 11.5. The van der Waals surface area contributed by atoms with Gasteiger partial charge in [0.15, 0.2) is 0 Å². The molecule has 0 aromatic carbocycles. The van der Waals surface area contributed by atoms with Crippen molar-refractivity contribution in [1.29, 1.82) is 0 Å². The fraction of sp³-hybridized carbons (Fsp3) is 0.714. The molecule has 1 aromatic rings. The molecule has 2 atom stereocenters. The van der Waals surface area contributed by atoms with E-state index in [1.54, 1.807) is 6.33 Å². The van der Waals surface area contributed by atoms with Crippen molar-refractivity contribution in [2.24, 2.45) is 0 Å². The van der Waals surface area contributed by atoms with E-state index in [4.69, 9.17) is 4.74 Å². The van der Waals surface area contributed by atoms with Crippen molar-refractivity contribution in [3.8, 4) is 5.88 Å². The van der Waals surface area contributed by atoms with E-state index in [-0.39, 0.29) is 0 Å². The zero-order chi connectivity index (χ0) is 13.1. The zero-order valence-electron chi connectivity index (χ0n) is 11.5. The summed E-state index contributed by atoms with van der Waals surface area (Å²) >= 11 is 0. The predicted octanol–water partition coefficient (Wildman–Crippen LogP) is 1.60. The van der Waals surface area contributed by atoms with Crippen molar-refractivity contribution in [2.75, 3.05) is 24.6 Å². The number of hydrogen-bond acceptors (Lipinski definition) is 5. The van der Waals surface area contributed by atoms with Crippen LogP contribution in [0.3, 0.4) is 0 Å². The molecule has 3 rings (SSSR count). The van der Waals surface area contributed by atoms with Gasteiger partial charge >= 0.3 is 0 Å². The minimum atomic E-state index is 0.576. The van der Waals surface area contributed by atoms with E-state index in [1.807, 2.05) is 13.0 Å². The van der Waals surface area contributed by atoms with E-state index in [0.29, 0.717) is 24.6 Å². The van der Waals surface area contributed by atoms with E-state index in [0.717, 1.165) is 18.9 Å². The lowest BCUT2D eigenvalue weighted by atomic mass is 10.0. The molecule has 0 bridgehead atoms. The fourth-order valence-electron chi connectivity index (χ4n) is 3.25. The second-order valence-corrected chi connectivity index (χ2v) is 5.25. The van der Waals surface area contributed by atoms with Crippen LogP contribution in [0.25, 0.3) is 0 Å². The maximum atomic E-state index is 5.47. The van der Waals surface area contributed by atoms with Gasteiger partial charge in [0.25, 0.3) is 0 Å². The van der Waals surface area contributed by atoms with Crippen molar-refractivity contribution in [2.45, 2.75) is 44.7 Å². The van der Waals surface area contributed by atoms with Crippen LogP contribution in [0.5, 0.6) is 5.88 Å². The molecule has 0 saturated carbocycles. The molecule has 2 aliphatic heterocycles. The first kappa shape index (κ1) is 12.7. The molecule has 104 valence electrons. The lowest BCUT2D eigenvalue weighted by Gasteiger charge is -2.30. The number of rotatable bonds is 4. The average molecular weight is 262 g/mol. The van der Waals surface area contributed by atoms with E-state index in [1.165, 1.54) is 25.7 Å². The van der Waals surface area contributed by atoms with Gasteiger partial charge in [-0.15, -0.1) is 0 Å².